The van der Waals surface area contributed by atoms with E-state index in [4.69, 9.17) is 11.6 Å². The van der Waals surface area contributed by atoms with Crippen LogP contribution in [0.3, 0.4) is 0 Å². The van der Waals surface area contributed by atoms with Crippen LogP contribution >= 0.6 is 11.6 Å². The molecule has 0 atom stereocenters. The summed E-state index contributed by atoms with van der Waals surface area (Å²) in [6.07, 6.45) is 3.56. The number of hydrogen-bond acceptors (Lipinski definition) is 5. The van der Waals surface area contributed by atoms with Crippen molar-refractivity contribution in [1.29, 1.82) is 0 Å². The smallest absolute Gasteiger partial charge is 0.293 e. The molecule has 0 aliphatic carbocycles. The molecule has 0 radical (unpaired) electrons. The van der Waals surface area contributed by atoms with Crippen molar-refractivity contribution in [2.75, 3.05) is 23.7 Å². The Balaban J connectivity index is 1.72. The van der Waals surface area contributed by atoms with Gasteiger partial charge in [0, 0.05) is 30.4 Å². The van der Waals surface area contributed by atoms with Crippen molar-refractivity contribution in [2.45, 2.75) is 12.8 Å². The second-order valence-corrected chi connectivity index (χ2v) is 5.13. The first kappa shape index (κ1) is 16.0. The monoisotopic (exact) mass is 320 g/mol. The normalized spacial score (nSPS) is 10.2. The molecule has 0 spiro atoms. The quantitative estimate of drug-likeness (QED) is 0.437. The number of aromatic nitrogens is 1. The van der Waals surface area contributed by atoms with E-state index in [0.717, 1.165) is 25.2 Å². The van der Waals surface area contributed by atoms with E-state index in [0.29, 0.717) is 17.3 Å². The second kappa shape index (κ2) is 8.19. The summed E-state index contributed by atoms with van der Waals surface area (Å²) in [6, 6.07) is 10.3. The number of nitrogens with zero attached hydrogens (tertiary/aromatic N) is 2. The van der Waals surface area contributed by atoms with Crippen LogP contribution in [-0.4, -0.2) is 23.0 Å². The molecule has 7 heteroatoms. The summed E-state index contributed by atoms with van der Waals surface area (Å²) >= 11 is 5.78. The summed E-state index contributed by atoms with van der Waals surface area (Å²) < 4.78 is 0. The second-order valence-electron chi connectivity index (χ2n) is 4.69. The molecule has 0 unspecified atom stereocenters. The lowest BCUT2D eigenvalue weighted by Crippen LogP contribution is -2.08. The molecule has 1 aromatic carbocycles. The largest absolute Gasteiger partial charge is 0.379 e. The van der Waals surface area contributed by atoms with Crippen molar-refractivity contribution in [3.8, 4) is 0 Å². The number of unbranched alkanes of at least 4 members (excludes halogenated alkanes) is 1. The third-order valence-electron chi connectivity index (χ3n) is 3.05. The summed E-state index contributed by atoms with van der Waals surface area (Å²) in [4.78, 5) is 14.7. The highest BCUT2D eigenvalue weighted by atomic mass is 35.5. The molecular formula is C15H17ClN4O2. The minimum Gasteiger partial charge on any atom is -0.379 e. The summed E-state index contributed by atoms with van der Waals surface area (Å²) in [5.41, 5.74) is 0.492. The number of nitro benzene ring substituents is 1. The average Bonchev–Trinajstić information content (AvgIpc) is 2.52. The first-order valence-electron chi connectivity index (χ1n) is 6.99. The van der Waals surface area contributed by atoms with E-state index in [1.54, 1.807) is 18.3 Å². The molecule has 0 amide bonds. The zero-order chi connectivity index (χ0) is 15.8. The summed E-state index contributed by atoms with van der Waals surface area (Å²) in [5, 5.41) is 17.6. The Kier molecular flexibility index (Phi) is 5.97. The van der Waals surface area contributed by atoms with E-state index in [-0.39, 0.29) is 5.69 Å². The molecule has 2 rings (SSSR count). The fourth-order valence-electron chi connectivity index (χ4n) is 1.96. The zero-order valence-electron chi connectivity index (χ0n) is 12.0. The Morgan fingerprint density at radius 1 is 1.14 bits per heavy atom. The van der Waals surface area contributed by atoms with Gasteiger partial charge >= 0.3 is 0 Å². The van der Waals surface area contributed by atoms with Crippen LogP contribution in [0.4, 0.5) is 17.2 Å². The number of pyridine rings is 1. The first-order chi connectivity index (χ1) is 10.7. The molecule has 1 heterocycles. The molecule has 22 heavy (non-hydrogen) atoms. The van der Waals surface area contributed by atoms with Crippen LogP contribution in [0.2, 0.25) is 5.02 Å². The van der Waals surface area contributed by atoms with Crippen molar-refractivity contribution >= 4 is 28.8 Å². The summed E-state index contributed by atoms with van der Waals surface area (Å²) in [6.45, 7) is 1.47. The van der Waals surface area contributed by atoms with Crippen LogP contribution in [0.25, 0.3) is 0 Å². The van der Waals surface area contributed by atoms with E-state index in [1.165, 1.54) is 6.07 Å². The summed E-state index contributed by atoms with van der Waals surface area (Å²) in [5.74, 6) is 0.851. The maximum atomic E-state index is 11.0. The van der Waals surface area contributed by atoms with Gasteiger partial charge in [-0.15, -0.1) is 0 Å². The van der Waals surface area contributed by atoms with Gasteiger partial charge in [0.1, 0.15) is 11.5 Å². The highest BCUT2D eigenvalue weighted by molar-refractivity contribution is 6.30. The Morgan fingerprint density at radius 2 is 1.91 bits per heavy atom. The maximum Gasteiger partial charge on any atom is 0.293 e. The van der Waals surface area contributed by atoms with Crippen LogP contribution in [0.5, 0.6) is 0 Å². The number of halogens is 1. The Hall–Kier alpha value is -2.34. The van der Waals surface area contributed by atoms with Gasteiger partial charge in [0.15, 0.2) is 0 Å². The molecule has 0 bridgehead atoms. The fourth-order valence-corrected chi connectivity index (χ4v) is 2.13. The van der Waals surface area contributed by atoms with Gasteiger partial charge < -0.3 is 10.6 Å². The minimum atomic E-state index is -0.434. The van der Waals surface area contributed by atoms with Gasteiger partial charge in [-0.3, -0.25) is 10.1 Å². The van der Waals surface area contributed by atoms with Gasteiger partial charge in [-0.25, -0.2) is 4.98 Å². The lowest BCUT2D eigenvalue weighted by molar-refractivity contribution is -0.383. The highest BCUT2D eigenvalue weighted by Crippen LogP contribution is 2.27. The maximum absolute atomic E-state index is 11.0. The third-order valence-corrected chi connectivity index (χ3v) is 3.28. The number of benzene rings is 1. The minimum absolute atomic E-state index is 0.000824. The van der Waals surface area contributed by atoms with Crippen LogP contribution in [0.15, 0.2) is 42.6 Å². The lowest BCUT2D eigenvalue weighted by Gasteiger charge is -2.08. The molecule has 0 aliphatic heterocycles. The van der Waals surface area contributed by atoms with Crippen molar-refractivity contribution < 1.29 is 4.92 Å². The predicted molar refractivity (Wildman–Crippen MR) is 88.6 cm³/mol. The molecular weight excluding hydrogens is 304 g/mol. The standard InChI is InChI=1S/C15H17ClN4O2/c16-12-6-7-13(14(11-12)20(21)22)17-8-3-4-10-19-15-5-1-2-9-18-15/h1-2,5-7,9,11,17H,3-4,8,10H2,(H,18,19). The molecule has 0 fully saturated rings. The molecule has 2 aromatic rings. The molecule has 2 N–H and O–H groups in total. The van der Waals surface area contributed by atoms with Crippen LogP contribution < -0.4 is 10.6 Å². The number of hydrogen-bond donors (Lipinski definition) is 2. The molecule has 6 nitrogen and oxygen atoms in total. The number of anilines is 2. The van der Waals surface area contributed by atoms with Gasteiger partial charge in [-0.2, -0.15) is 0 Å². The van der Waals surface area contributed by atoms with E-state index in [1.807, 2.05) is 18.2 Å². The Labute approximate surface area is 133 Å². The van der Waals surface area contributed by atoms with Gasteiger partial charge in [0.05, 0.1) is 4.92 Å². The molecule has 1 aromatic heterocycles. The number of rotatable bonds is 8. The van der Waals surface area contributed by atoms with Crippen molar-refractivity contribution in [3.05, 3.63) is 57.7 Å². The van der Waals surface area contributed by atoms with Gasteiger partial charge in [0.2, 0.25) is 0 Å². The van der Waals surface area contributed by atoms with Crippen LogP contribution in [0, 0.1) is 10.1 Å². The molecule has 0 saturated carbocycles. The topological polar surface area (TPSA) is 80.1 Å². The Morgan fingerprint density at radius 3 is 2.59 bits per heavy atom. The average molecular weight is 321 g/mol. The van der Waals surface area contributed by atoms with Crippen LogP contribution in [0.1, 0.15) is 12.8 Å². The van der Waals surface area contributed by atoms with E-state index in [9.17, 15) is 10.1 Å². The van der Waals surface area contributed by atoms with Crippen molar-refractivity contribution in [2.24, 2.45) is 0 Å². The van der Waals surface area contributed by atoms with Crippen molar-refractivity contribution in [3.63, 3.8) is 0 Å². The van der Waals surface area contributed by atoms with Crippen LogP contribution in [-0.2, 0) is 0 Å². The van der Waals surface area contributed by atoms with Crippen molar-refractivity contribution in [1.82, 2.24) is 4.98 Å². The molecule has 0 aliphatic rings. The zero-order valence-corrected chi connectivity index (χ0v) is 12.7. The van der Waals surface area contributed by atoms with Gasteiger partial charge in [0.25, 0.3) is 5.69 Å². The summed E-state index contributed by atoms with van der Waals surface area (Å²) in [7, 11) is 0. The predicted octanol–water partition coefficient (Wildman–Crippen LogP) is 3.95. The number of nitro groups is 1. The van der Waals surface area contributed by atoms with Gasteiger partial charge in [-0.1, -0.05) is 17.7 Å². The highest BCUT2D eigenvalue weighted by Gasteiger charge is 2.13. The van der Waals surface area contributed by atoms with Gasteiger partial charge in [-0.05, 0) is 37.1 Å². The number of nitrogens with one attached hydrogen (secondary N) is 2. The molecule has 0 saturated heterocycles. The third kappa shape index (κ3) is 4.89. The van der Waals surface area contributed by atoms with E-state index < -0.39 is 4.92 Å². The van der Waals surface area contributed by atoms with E-state index in [2.05, 4.69) is 15.6 Å². The van der Waals surface area contributed by atoms with E-state index >= 15 is 0 Å². The molecule has 116 valence electrons. The first-order valence-corrected chi connectivity index (χ1v) is 7.37. The SMILES string of the molecule is O=[N+]([O-])c1cc(Cl)ccc1NCCCCNc1ccccn1. The lowest BCUT2D eigenvalue weighted by atomic mass is 10.2. The Bertz CT molecular complexity index is 622. The fraction of sp³-hybridized carbons (Fsp3) is 0.267.